The number of nitrogens with two attached hydrogens (primary N) is 1. The van der Waals surface area contributed by atoms with E-state index in [4.69, 9.17) is 5.73 Å². The molecule has 0 saturated carbocycles. The van der Waals surface area contributed by atoms with Gasteiger partial charge in [-0.15, -0.1) is 0 Å². The highest BCUT2D eigenvalue weighted by atomic mass is 16.1. The van der Waals surface area contributed by atoms with Crippen molar-refractivity contribution < 1.29 is 4.79 Å². The normalized spacial score (nSPS) is 15.1. The molecule has 1 aliphatic heterocycles. The van der Waals surface area contributed by atoms with Crippen molar-refractivity contribution in [3.63, 3.8) is 0 Å². The number of likely N-dealkylation sites (N-methyl/N-ethyl adjacent to an activating group) is 1. The van der Waals surface area contributed by atoms with Gasteiger partial charge in [-0.2, -0.15) is 4.98 Å². The maximum atomic E-state index is 11.1. The molecule has 3 heterocycles. The van der Waals surface area contributed by atoms with Crippen LogP contribution >= 0.6 is 0 Å². The highest BCUT2D eigenvalue weighted by molar-refractivity contribution is 5.78. The summed E-state index contributed by atoms with van der Waals surface area (Å²) in [6, 6.07) is 10.3. The van der Waals surface area contributed by atoms with Crippen LogP contribution in [0.1, 0.15) is 6.42 Å². The molecule has 8 nitrogen and oxygen atoms in total. The number of carbonyl (C=O) groups excluding carboxylic acids is 1. The fourth-order valence-electron chi connectivity index (χ4n) is 3.39. The van der Waals surface area contributed by atoms with E-state index in [0.717, 1.165) is 42.9 Å². The number of nitrogens with zero attached hydrogens (tertiary/aromatic N) is 5. The van der Waals surface area contributed by atoms with Gasteiger partial charge in [0.2, 0.25) is 11.9 Å². The van der Waals surface area contributed by atoms with Crippen molar-refractivity contribution in [1.29, 1.82) is 0 Å². The summed E-state index contributed by atoms with van der Waals surface area (Å²) in [6.07, 6.45) is 3.96. The van der Waals surface area contributed by atoms with Crippen LogP contribution in [0.25, 0.3) is 11.0 Å². The molecule has 8 heteroatoms. The van der Waals surface area contributed by atoms with Gasteiger partial charge >= 0.3 is 0 Å². The SMILES string of the molecule is CN1CCN(c2ccc(Nc3ncc4ccn(CCC(N)=O)c4n3)cc2)CC1. The van der Waals surface area contributed by atoms with E-state index in [1.807, 2.05) is 29.0 Å². The molecule has 28 heavy (non-hydrogen) atoms. The third-order valence-electron chi connectivity index (χ3n) is 5.09. The number of hydrogen-bond donors (Lipinski definition) is 2. The maximum absolute atomic E-state index is 11.1. The average molecular weight is 379 g/mol. The summed E-state index contributed by atoms with van der Waals surface area (Å²) in [6.45, 7) is 4.78. The molecule has 1 amide bonds. The van der Waals surface area contributed by atoms with Gasteiger partial charge in [0.05, 0.1) is 0 Å². The van der Waals surface area contributed by atoms with Crippen LogP contribution in [-0.4, -0.2) is 58.6 Å². The molecule has 146 valence electrons. The number of carbonyl (C=O) groups is 1. The first-order chi connectivity index (χ1) is 13.6. The molecule has 3 N–H and O–H groups in total. The standard InChI is InChI=1S/C20H25N7O/c1-25-10-12-26(13-11-25)17-4-2-16(3-5-17)23-20-22-14-15-6-8-27(19(15)24-20)9-7-18(21)28/h2-6,8,14H,7,9-13H2,1H3,(H2,21,28)(H,22,23,24). The second-order valence-corrected chi connectivity index (χ2v) is 7.16. The molecule has 1 aromatic carbocycles. The van der Waals surface area contributed by atoms with Crippen molar-refractivity contribution in [3.05, 3.63) is 42.7 Å². The number of nitrogens with one attached hydrogen (secondary N) is 1. The zero-order chi connectivity index (χ0) is 19.5. The molecule has 0 spiro atoms. The number of hydrogen-bond acceptors (Lipinski definition) is 6. The lowest BCUT2D eigenvalue weighted by atomic mass is 10.2. The first kappa shape index (κ1) is 18.2. The van der Waals surface area contributed by atoms with Crippen molar-refractivity contribution >= 4 is 34.3 Å². The van der Waals surface area contributed by atoms with Gasteiger partial charge in [-0.3, -0.25) is 4.79 Å². The molecule has 1 fully saturated rings. The zero-order valence-electron chi connectivity index (χ0n) is 16.0. The van der Waals surface area contributed by atoms with Crippen molar-refractivity contribution in [2.24, 2.45) is 5.73 Å². The summed E-state index contributed by atoms with van der Waals surface area (Å²) >= 11 is 0. The minimum atomic E-state index is -0.324. The van der Waals surface area contributed by atoms with Crippen LogP contribution in [0.5, 0.6) is 0 Å². The van der Waals surface area contributed by atoms with E-state index in [1.165, 1.54) is 5.69 Å². The summed E-state index contributed by atoms with van der Waals surface area (Å²) in [7, 11) is 2.16. The second kappa shape index (κ2) is 7.85. The van der Waals surface area contributed by atoms with E-state index in [9.17, 15) is 4.79 Å². The molecule has 0 atom stereocenters. The molecule has 3 aromatic rings. The fourth-order valence-corrected chi connectivity index (χ4v) is 3.39. The Kier molecular flexibility index (Phi) is 5.12. The van der Waals surface area contributed by atoms with Crippen molar-refractivity contribution in [2.75, 3.05) is 43.4 Å². The number of aromatic nitrogens is 3. The van der Waals surface area contributed by atoms with Gasteiger partial charge in [0, 0.05) is 68.3 Å². The van der Waals surface area contributed by atoms with Crippen LogP contribution in [0.15, 0.2) is 42.7 Å². The summed E-state index contributed by atoms with van der Waals surface area (Å²) in [4.78, 5) is 24.8. The fraction of sp³-hybridized carbons (Fsp3) is 0.350. The Balaban J connectivity index is 1.47. The van der Waals surface area contributed by atoms with Crippen LogP contribution in [0, 0.1) is 0 Å². The van der Waals surface area contributed by atoms with Gasteiger partial charge in [0.1, 0.15) is 5.65 Å². The number of primary amides is 1. The van der Waals surface area contributed by atoms with E-state index >= 15 is 0 Å². The molecule has 0 radical (unpaired) electrons. The molecule has 0 bridgehead atoms. The van der Waals surface area contributed by atoms with Gasteiger partial charge in [-0.1, -0.05) is 0 Å². The third-order valence-corrected chi connectivity index (χ3v) is 5.09. The Bertz CT molecular complexity index is 958. The zero-order valence-corrected chi connectivity index (χ0v) is 16.0. The van der Waals surface area contributed by atoms with Crippen LogP contribution in [-0.2, 0) is 11.3 Å². The summed E-state index contributed by atoms with van der Waals surface area (Å²) in [5.74, 6) is 0.202. The Morgan fingerprint density at radius 3 is 2.61 bits per heavy atom. The molecular weight excluding hydrogens is 354 g/mol. The van der Waals surface area contributed by atoms with E-state index in [0.29, 0.717) is 12.5 Å². The van der Waals surface area contributed by atoms with Gasteiger partial charge in [-0.05, 0) is 37.4 Å². The average Bonchev–Trinajstić information content (AvgIpc) is 3.10. The highest BCUT2D eigenvalue weighted by Gasteiger charge is 2.14. The van der Waals surface area contributed by atoms with Gasteiger partial charge < -0.3 is 25.4 Å². The Hall–Kier alpha value is -3.13. The number of benzene rings is 1. The minimum Gasteiger partial charge on any atom is -0.370 e. The number of anilines is 3. The van der Waals surface area contributed by atoms with E-state index in [1.54, 1.807) is 6.20 Å². The molecule has 1 saturated heterocycles. The van der Waals surface area contributed by atoms with E-state index in [2.05, 4.69) is 44.3 Å². The molecule has 0 unspecified atom stereocenters. The van der Waals surface area contributed by atoms with Crippen LogP contribution in [0.3, 0.4) is 0 Å². The first-order valence-electron chi connectivity index (χ1n) is 9.49. The quantitative estimate of drug-likeness (QED) is 0.679. The molecule has 2 aromatic heterocycles. The first-order valence-corrected chi connectivity index (χ1v) is 9.49. The molecular formula is C20H25N7O. The topological polar surface area (TPSA) is 92.3 Å². The van der Waals surface area contributed by atoms with E-state index in [-0.39, 0.29) is 12.3 Å². The van der Waals surface area contributed by atoms with Crippen LogP contribution in [0.4, 0.5) is 17.3 Å². The van der Waals surface area contributed by atoms with Crippen molar-refractivity contribution in [3.8, 4) is 0 Å². The molecule has 4 rings (SSSR count). The molecule has 1 aliphatic rings. The lowest BCUT2D eigenvalue weighted by Gasteiger charge is -2.34. The minimum absolute atomic E-state index is 0.282. The van der Waals surface area contributed by atoms with Crippen LogP contribution in [0.2, 0.25) is 0 Å². The smallest absolute Gasteiger partial charge is 0.229 e. The van der Waals surface area contributed by atoms with Crippen molar-refractivity contribution in [1.82, 2.24) is 19.4 Å². The summed E-state index contributed by atoms with van der Waals surface area (Å²) in [5.41, 5.74) is 8.21. The summed E-state index contributed by atoms with van der Waals surface area (Å²) in [5, 5.41) is 4.19. The second-order valence-electron chi connectivity index (χ2n) is 7.16. The Morgan fingerprint density at radius 1 is 1.14 bits per heavy atom. The number of rotatable bonds is 6. The Morgan fingerprint density at radius 2 is 1.89 bits per heavy atom. The highest BCUT2D eigenvalue weighted by Crippen LogP contribution is 2.22. The lowest BCUT2D eigenvalue weighted by Crippen LogP contribution is -2.44. The Labute approximate surface area is 164 Å². The number of amides is 1. The monoisotopic (exact) mass is 379 g/mol. The summed E-state index contributed by atoms with van der Waals surface area (Å²) < 4.78 is 1.92. The van der Waals surface area contributed by atoms with E-state index < -0.39 is 0 Å². The van der Waals surface area contributed by atoms with Crippen molar-refractivity contribution in [2.45, 2.75) is 13.0 Å². The predicted molar refractivity (Wildman–Crippen MR) is 111 cm³/mol. The third kappa shape index (κ3) is 4.07. The predicted octanol–water partition coefficient (Wildman–Crippen LogP) is 1.80. The lowest BCUT2D eigenvalue weighted by molar-refractivity contribution is -0.118. The maximum Gasteiger partial charge on any atom is 0.229 e. The van der Waals surface area contributed by atoms with Crippen LogP contribution < -0.4 is 16.0 Å². The number of piperazine rings is 1. The molecule has 0 aliphatic carbocycles. The largest absolute Gasteiger partial charge is 0.370 e. The van der Waals surface area contributed by atoms with Gasteiger partial charge in [-0.25, -0.2) is 4.98 Å². The van der Waals surface area contributed by atoms with Gasteiger partial charge in [0.15, 0.2) is 0 Å². The number of fused-ring (bicyclic) bond motifs is 1. The van der Waals surface area contributed by atoms with Gasteiger partial charge in [0.25, 0.3) is 0 Å². The number of aryl methyl sites for hydroxylation is 1.